The predicted octanol–water partition coefficient (Wildman–Crippen LogP) is 1.18. The van der Waals surface area contributed by atoms with Gasteiger partial charge in [0.2, 0.25) is 5.95 Å². The zero-order valence-corrected chi connectivity index (χ0v) is 19.2. The van der Waals surface area contributed by atoms with Gasteiger partial charge >= 0.3 is 5.63 Å². The fourth-order valence-electron chi connectivity index (χ4n) is 3.69. The molecule has 0 spiro atoms. The molecule has 0 radical (unpaired) electrons. The molecule has 1 aliphatic heterocycles. The van der Waals surface area contributed by atoms with Crippen molar-refractivity contribution in [3.63, 3.8) is 0 Å². The Balaban J connectivity index is 1.54. The molecular formula is C20H18BrN5O6S. The second kappa shape index (κ2) is 8.66. The summed E-state index contributed by atoms with van der Waals surface area (Å²) in [7, 11) is 0. The highest BCUT2D eigenvalue weighted by atomic mass is 79.9. The summed E-state index contributed by atoms with van der Waals surface area (Å²) in [5, 5.41) is 31.4. The van der Waals surface area contributed by atoms with Gasteiger partial charge in [0, 0.05) is 21.2 Å². The number of fused-ring (bicyclic) bond motifs is 2. The lowest BCUT2D eigenvalue weighted by Gasteiger charge is -2.19. The fraction of sp³-hybridized carbons (Fsp3) is 0.300. The van der Waals surface area contributed by atoms with E-state index >= 15 is 0 Å². The zero-order valence-electron chi connectivity index (χ0n) is 16.8. The van der Waals surface area contributed by atoms with E-state index in [2.05, 4.69) is 30.9 Å². The maximum Gasteiger partial charge on any atom is 0.340 e. The Kier molecular flexibility index (Phi) is 5.84. The largest absolute Gasteiger partial charge is 0.423 e. The molecule has 1 aromatic carbocycles. The summed E-state index contributed by atoms with van der Waals surface area (Å²) in [6.45, 7) is -0.478. The van der Waals surface area contributed by atoms with E-state index in [0.29, 0.717) is 21.8 Å². The highest BCUT2D eigenvalue weighted by molar-refractivity contribution is 9.10. The number of hydrogen-bond donors (Lipinski definition) is 4. The third-order valence-corrected chi connectivity index (χ3v) is 6.81. The summed E-state index contributed by atoms with van der Waals surface area (Å²) in [6.07, 6.45) is -3.28. The van der Waals surface area contributed by atoms with Crippen LogP contribution >= 0.6 is 27.7 Å². The molecule has 4 aromatic rings. The average Bonchev–Trinajstić information content (AvgIpc) is 3.28. The van der Waals surface area contributed by atoms with Crippen molar-refractivity contribution >= 4 is 55.8 Å². The topological polar surface area (TPSA) is 170 Å². The number of hydrogen-bond acceptors (Lipinski definition) is 11. The SMILES string of the molecule is Nc1ncc2nc(SCc3cc4cc(Br)ccc4oc3=O)n([C@@H]3O[C@H](CO)[C@@H](O)[C@H]3O)c2n1. The van der Waals surface area contributed by atoms with Crippen molar-refractivity contribution in [2.24, 2.45) is 0 Å². The summed E-state index contributed by atoms with van der Waals surface area (Å²) >= 11 is 4.60. The van der Waals surface area contributed by atoms with Crippen LogP contribution in [0.2, 0.25) is 0 Å². The lowest BCUT2D eigenvalue weighted by molar-refractivity contribution is -0.0548. The Morgan fingerprint density at radius 1 is 1.21 bits per heavy atom. The molecule has 1 fully saturated rings. The number of rotatable bonds is 5. The van der Waals surface area contributed by atoms with E-state index in [1.807, 2.05) is 6.07 Å². The number of anilines is 1. The van der Waals surface area contributed by atoms with Gasteiger partial charge < -0.3 is 30.2 Å². The van der Waals surface area contributed by atoms with E-state index in [1.165, 1.54) is 22.5 Å². The number of imidazole rings is 1. The molecule has 5 N–H and O–H groups in total. The smallest absolute Gasteiger partial charge is 0.340 e. The van der Waals surface area contributed by atoms with Crippen LogP contribution in [-0.2, 0) is 10.5 Å². The first kappa shape index (κ1) is 22.3. The minimum atomic E-state index is -1.35. The van der Waals surface area contributed by atoms with Gasteiger partial charge in [0.15, 0.2) is 17.0 Å². The molecule has 0 bridgehead atoms. The highest BCUT2D eigenvalue weighted by Crippen LogP contribution is 2.36. The third kappa shape index (κ3) is 4.00. The Morgan fingerprint density at radius 3 is 2.79 bits per heavy atom. The number of thioether (sulfide) groups is 1. The number of halogens is 1. The van der Waals surface area contributed by atoms with Crippen LogP contribution in [-0.4, -0.2) is 59.8 Å². The standard InChI is InChI=1S/C20H18BrN5O6S/c21-10-1-2-12-8(4-10)3-9(18(30)32-12)7-33-20-24-11-5-23-19(22)25-16(11)26(20)17-15(29)14(28)13(6-27)31-17/h1-5,13-15,17,27-29H,6-7H2,(H2,22,23,25)/t13-,14-,15-,17-/m1/s1. The monoisotopic (exact) mass is 535 g/mol. The first-order valence-electron chi connectivity index (χ1n) is 9.83. The molecule has 11 nitrogen and oxygen atoms in total. The molecule has 0 unspecified atom stereocenters. The molecule has 0 amide bonds. The van der Waals surface area contributed by atoms with Crippen LogP contribution in [0.5, 0.6) is 0 Å². The number of aliphatic hydroxyl groups is 3. The first-order chi connectivity index (χ1) is 15.9. The summed E-state index contributed by atoms with van der Waals surface area (Å²) in [5.74, 6) is 0.193. The minimum Gasteiger partial charge on any atom is -0.423 e. The van der Waals surface area contributed by atoms with Crippen LogP contribution in [0, 0.1) is 0 Å². The highest BCUT2D eigenvalue weighted by Gasteiger charge is 2.45. The fourth-order valence-corrected chi connectivity index (χ4v) is 5.04. The molecule has 1 saturated heterocycles. The van der Waals surface area contributed by atoms with Crippen LogP contribution in [0.1, 0.15) is 11.8 Å². The van der Waals surface area contributed by atoms with E-state index in [0.717, 1.165) is 9.86 Å². The van der Waals surface area contributed by atoms with Crippen molar-refractivity contribution in [3.05, 3.63) is 50.9 Å². The van der Waals surface area contributed by atoms with Crippen molar-refractivity contribution in [1.29, 1.82) is 0 Å². The zero-order chi connectivity index (χ0) is 23.3. The van der Waals surface area contributed by atoms with E-state index in [4.69, 9.17) is 14.9 Å². The van der Waals surface area contributed by atoms with E-state index in [9.17, 15) is 20.1 Å². The molecule has 4 atom stereocenters. The molecule has 4 heterocycles. The Hall–Kier alpha value is -2.55. The van der Waals surface area contributed by atoms with Gasteiger partial charge in [-0.15, -0.1) is 0 Å². The van der Waals surface area contributed by atoms with Gasteiger partial charge in [0.1, 0.15) is 29.4 Å². The van der Waals surface area contributed by atoms with Crippen LogP contribution in [0.25, 0.3) is 22.1 Å². The summed E-state index contributed by atoms with van der Waals surface area (Å²) < 4.78 is 13.4. The molecule has 172 valence electrons. The van der Waals surface area contributed by atoms with Gasteiger partial charge in [-0.1, -0.05) is 27.7 Å². The quantitative estimate of drug-likeness (QED) is 0.213. The van der Waals surface area contributed by atoms with E-state index in [1.54, 1.807) is 18.2 Å². The van der Waals surface area contributed by atoms with Crippen LogP contribution in [0.3, 0.4) is 0 Å². The summed E-state index contributed by atoms with van der Waals surface area (Å²) in [5.41, 5.74) is 6.83. The number of aromatic nitrogens is 4. The molecule has 0 aliphatic carbocycles. The lowest BCUT2D eigenvalue weighted by Crippen LogP contribution is -2.33. The normalized spacial score (nSPS) is 23.0. The minimum absolute atomic E-state index is 0.00676. The van der Waals surface area contributed by atoms with Crippen molar-refractivity contribution < 1.29 is 24.5 Å². The molecule has 0 saturated carbocycles. The summed E-state index contributed by atoms with van der Waals surface area (Å²) in [4.78, 5) is 25.1. The molecule has 1 aliphatic rings. The predicted molar refractivity (Wildman–Crippen MR) is 122 cm³/mol. The van der Waals surface area contributed by atoms with Crippen LogP contribution < -0.4 is 11.4 Å². The Bertz CT molecular complexity index is 1410. The van der Waals surface area contributed by atoms with Crippen molar-refractivity contribution in [3.8, 4) is 0 Å². The van der Waals surface area contributed by atoms with E-state index in [-0.39, 0.29) is 17.3 Å². The van der Waals surface area contributed by atoms with Crippen molar-refractivity contribution in [1.82, 2.24) is 19.5 Å². The van der Waals surface area contributed by atoms with Gasteiger partial charge in [-0.2, -0.15) is 4.98 Å². The number of benzene rings is 1. The van der Waals surface area contributed by atoms with Gasteiger partial charge in [-0.3, -0.25) is 4.57 Å². The Labute approximate surface area is 198 Å². The second-order valence-electron chi connectivity index (χ2n) is 7.46. The van der Waals surface area contributed by atoms with Gasteiger partial charge in [0.05, 0.1) is 12.8 Å². The molecule has 3 aromatic heterocycles. The summed E-state index contributed by atoms with van der Waals surface area (Å²) in [6, 6.07) is 7.09. The second-order valence-corrected chi connectivity index (χ2v) is 9.32. The number of ether oxygens (including phenoxy) is 1. The maximum atomic E-state index is 12.5. The number of nitrogen functional groups attached to an aromatic ring is 1. The molecular weight excluding hydrogens is 518 g/mol. The van der Waals surface area contributed by atoms with Gasteiger partial charge in [-0.05, 0) is 24.3 Å². The number of nitrogens with two attached hydrogens (primary N) is 1. The Morgan fingerprint density at radius 2 is 2.03 bits per heavy atom. The molecule has 5 rings (SSSR count). The maximum absolute atomic E-state index is 12.5. The van der Waals surface area contributed by atoms with Crippen molar-refractivity contribution in [2.45, 2.75) is 35.4 Å². The lowest BCUT2D eigenvalue weighted by atomic mass is 10.1. The molecule has 13 heteroatoms. The first-order valence-corrected chi connectivity index (χ1v) is 11.6. The van der Waals surface area contributed by atoms with Crippen molar-refractivity contribution in [2.75, 3.05) is 12.3 Å². The van der Waals surface area contributed by atoms with E-state index < -0.39 is 36.8 Å². The van der Waals surface area contributed by atoms with Crippen LogP contribution in [0.4, 0.5) is 5.95 Å². The van der Waals surface area contributed by atoms with Gasteiger partial charge in [-0.25, -0.2) is 14.8 Å². The third-order valence-electron chi connectivity index (χ3n) is 5.31. The number of nitrogens with zero attached hydrogens (tertiary/aromatic N) is 4. The average molecular weight is 536 g/mol. The molecule has 33 heavy (non-hydrogen) atoms. The van der Waals surface area contributed by atoms with Crippen LogP contribution in [0.15, 0.2) is 49.3 Å². The van der Waals surface area contributed by atoms with Gasteiger partial charge in [0.25, 0.3) is 0 Å². The number of aliphatic hydroxyl groups excluding tert-OH is 3.